The second-order valence-electron chi connectivity index (χ2n) is 5.77. The summed E-state index contributed by atoms with van der Waals surface area (Å²) in [7, 11) is 1.48. The van der Waals surface area contributed by atoms with E-state index in [1.807, 2.05) is 35.2 Å². The molecular formula is C17H22N4O4. The van der Waals surface area contributed by atoms with Gasteiger partial charge >= 0.3 is 6.01 Å². The SMILES string of the molecule is COCC(=O)N[C@@H](Cc1ccccc1)c1nnc(N2CCOCC2)o1. The van der Waals surface area contributed by atoms with E-state index in [4.69, 9.17) is 13.9 Å². The number of nitrogens with one attached hydrogen (secondary N) is 1. The molecule has 0 unspecified atom stereocenters. The van der Waals surface area contributed by atoms with Crippen molar-refractivity contribution in [1.29, 1.82) is 0 Å². The van der Waals surface area contributed by atoms with Crippen LogP contribution in [0, 0.1) is 0 Å². The predicted molar refractivity (Wildman–Crippen MR) is 90.2 cm³/mol. The van der Waals surface area contributed by atoms with Crippen LogP contribution in [0.4, 0.5) is 6.01 Å². The largest absolute Gasteiger partial charge is 0.406 e. The van der Waals surface area contributed by atoms with Crippen LogP contribution in [0.25, 0.3) is 0 Å². The second-order valence-corrected chi connectivity index (χ2v) is 5.77. The van der Waals surface area contributed by atoms with Crippen LogP contribution in [0.3, 0.4) is 0 Å². The summed E-state index contributed by atoms with van der Waals surface area (Å²) in [4.78, 5) is 14.0. The summed E-state index contributed by atoms with van der Waals surface area (Å²) < 4.78 is 16.1. The van der Waals surface area contributed by atoms with Crippen LogP contribution in [0.15, 0.2) is 34.7 Å². The predicted octanol–water partition coefficient (Wildman–Crippen LogP) is 0.953. The average molecular weight is 346 g/mol. The van der Waals surface area contributed by atoms with Crippen molar-refractivity contribution in [2.24, 2.45) is 0 Å². The first-order chi connectivity index (χ1) is 12.3. The van der Waals surface area contributed by atoms with Crippen molar-refractivity contribution >= 4 is 11.9 Å². The smallest absolute Gasteiger partial charge is 0.318 e. The molecule has 0 saturated carbocycles. The van der Waals surface area contributed by atoms with Crippen LogP contribution in [-0.4, -0.2) is 56.1 Å². The Hall–Kier alpha value is -2.45. The summed E-state index contributed by atoms with van der Waals surface area (Å²) in [6.45, 7) is 2.67. The van der Waals surface area contributed by atoms with Crippen molar-refractivity contribution in [2.75, 3.05) is 44.9 Å². The van der Waals surface area contributed by atoms with E-state index >= 15 is 0 Å². The molecule has 1 aliphatic rings. The summed E-state index contributed by atoms with van der Waals surface area (Å²) in [5, 5.41) is 11.2. The van der Waals surface area contributed by atoms with Gasteiger partial charge in [-0.1, -0.05) is 35.4 Å². The number of hydrogen-bond donors (Lipinski definition) is 1. The van der Waals surface area contributed by atoms with Crippen molar-refractivity contribution in [3.05, 3.63) is 41.8 Å². The molecule has 1 aromatic carbocycles. The van der Waals surface area contributed by atoms with Gasteiger partial charge in [0.15, 0.2) is 0 Å². The van der Waals surface area contributed by atoms with Crippen LogP contribution in [0.5, 0.6) is 0 Å². The number of carbonyl (C=O) groups is 1. The number of nitrogens with zero attached hydrogens (tertiary/aromatic N) is 3. The molecule has 1 saturated heterocycles. The highest BCUT2D eigenvalue weighted by Crippen LogP contribution is 2.21. The number of morpholine rings is 1. The topological polar surface area (TPSA) is 89.7 Å². The molecule has 2 heterocycles. The molecule has 2 aromatic rings. The van der Waals surface area contributed by atoms with Crippen molar-refractivity contribution in [3.8, 4) is 0 Å². The minimum atomic E-state index is -0.410. The monoisotopic (exact) mass is 346 g/mol. The second kappa shape index (κ2) is 8.59. The Morgan fingerprint density at radius 2 is 2.04 bits per heavy atom. The maximum atomic E-state index is 12.0. The number of benzene rings is 1. The van der Waals surface area contributed by atoms with Gasteiger partial charge in [0.2, 0.25) is 11.8 Å². The Bertz CT molecular complexity index is 670. The van der Waals surface area contributed by atoms with Gasteiger partial charge in [0.05, 0.1) is 13.2 Å². The van der Waals surface area contributed by atoms with Gasteiger partial charge in [-0.25, -0.2) is 0 Å². The number of methoxy groups -OCH3 is 1. The van der Waals surface area contributed by atoms with Gasteiger partial charge in [0, 0.05) is 26.6 Å². The number of ether oxygens (including phenoxy) is 2. The van der Waals surface area contributed by atoms with Gasteiger partial charge in [0.25, 0.3) is 0 Å². The molecule has 1 aliphatic heterocycles. The summed E-state index contributed by atoms with van der Waals surface area (Å²) in [6, 6.07) is 9.89. The quantitative estimate of drug-likeness (QED) is 0.798. The molecule has 1 fully saturated rings. The van der Waals surface area contributed by atoms with E-state index in [-0.39, 0.29) is 12.5 Å². The summed E-state index contributed by atoms with van der Waals surface area (Å²) >= 11 is 0. The normalized spacial score (nSPS) is 15.8. The first-order valence-electron chi connectivity index (χ1n) is 8.24. The van der Waals surface area contributed by atoms with Gasteiger partial charge < -0.3 is 24.1 Å². The number of aromatic nitrogens is 2. The zero-order valence-corrected chi connectivity index (χ0v) is 14.2. The standard InChI is InChI=1S/C17H22N4O4/c1-23-12-15(22)18-14(11-13-5-3-2-4-6-13)16-19-20-17(25-16)21-7-9-24-10-8-21/h2-6,14H,7-12H2,1H3,(H,18,22)/t14-/m0/s1. The molecule has 0 spiro atoms. The molecule has 134 valence electrons. The van der Waals surface area contributed by atoms with Gasteiger partial charge in [-0.05, 0) is 5.56 Å². The summed E-state index contributed by atoms with van der Waals surface area (Å²) in [5.74, 6) is 0.157. The lowest BCUT2D eigenvalue weighted by Crippen LogP contribution is -2.36. The molecule has 8 heteroatoms. The van der Waals surface area contributed by atoms with E-state index in [2.05, 4.69) is 15.5 Å². The minimum Gasteiger partial charge on any atom is -0.406 e. The number of hydrogen-bond acceptors (Lipinski definition) is 7. The minimum absolute atomic E-state index is 0.0181. The van der Waals surface area contributed by atoms with E-state index in [9.17, 15) is 4.79 Å². The van der Waals surface area contributed by atoms with Crippen LogP contribution in [-0.2, 0) is 20.7 Å². The first kappa shape index (κ1) is 17.4. The highest BCUT2D eigenvalue weighted by atomic mass is 16.5. The third-order valence-corrected chi connectivity index (χ3v) is 3.90. The van der Waals surface area contributed by atoms with Crippen molar-refractivity contribution in [1.82, 2.24) is 15.5 Å². The van der Waals surface area contributed by atoms with Crippen LogP contribution in [0.2, 0.25) is 0 Å². The Balaban J connectivity index is 1.75. The highest BCUT2D eigenvalue weighted by molar-refractivity contribution is 5.77. The molecule has 0 radical (unpaired) electrons. The Labute approximate surface area is 146 Å². The lowest BCUT2D eigenvalue weighted by molar-refractivity contribution is -0.125. The Morgan fingerprint density at radius 3 is 2.76 bits per heavy atom. The number of amides is 1. The molecule has 1 atom stereocenters. The zero-order chi connectivity index (χ0) is 17.5. The number of anilines is 1. The van der Waals surface area contributed by atoms with Gasteiger partial charge in [-0.3, -0.25) is 4.79 Å². The van der Waals surface area contributed by atoms with Gasteiger partial charge in [-0.2, -0.15) is 0 Å². The fourth-order valence-corrected chi connectivity index (χ4v) is 2.67. The molecule has 8 nitrogen and oxygen atoms in total. The molecule has 1 N–H and O–H groups in total. The van der Waals surface area contributed by atoms with Crippen molar-refractivity contribution < 1.29 is 18.7 Å². The number of rotatable bonds is 7. The maximum absolute atomic E-state index is 12.0. The summed E-state index contributed by atoms with van der Waals surface area (Å²) in [6.07, 6.45) is 0.557. The van der Waals surface area contributed by atoms with Crippen LogP contribution < -0.4 is 10.2 Å². The molecule has 0 aliphatic carbocycles. The van der Waals surface area contributed by atoms with E-state index < -0.39 is 6.04 Å². The van der Waals surface area contributed by atoms with Crippen molar-refractivity contribution in [3.63, 3.8) is 0 Å². The lowest BCUT2D eigenvalue weighted by atomic mass is 10.1. The molecule has 1 amide bonds. The Kier molecular flexibility index (Phi) is 5.97. The van der Waals surface area contributed by atoms with Gasteiger partial charge in [-0.15, -0.1) is 5.10 Å². The highest BCUT2D eigenvalue weighted by Gasteiger charge is 2.24. The van der Waals surface area contributed by atoms with E-state index in [0.717, 1.165) is 5.56 Å². The third-order valence-electron chi connectivity index (χ3n) is 3.90. The lowest BCUT2D eigenvalue weighted by Gasteiger charge is -2.24. The van der Waals surface area contributed by atoms with E-state index in [1.165, 1.54) is 7.11 Å². The van der Waals surface area contributed by atoms with Crippen LogP contribution >= 0.6 is 0 Å². The van der Waals surface area contributed by atoms with E-state index in [1.54, 1.807) is 0 Å². The first-order valence-corrected chi connectivity index (χ1v) is 8.24. The Morgan fingerprint density at radius 1 is 1.28 bits per heavy atom. The number of carbonyl (C=O) groups excluding carboxylic acids is 1. The molecular weight excluding hydrogens is 324 g/mol. The van der Waals surface area contributed by atoms with E-state index in [0.29, 0.717) is 44.6 Å². The maximum Gasteiger partial charge on any atom is 0.318 e. The fourth-order valence-electron chi connectivity index (χ4n) is 2.67. The molecule has 1 aromatic heterocycles. The molecule has 0 bridgehead atoms. The third kappa shape index (κ3) is 4.77. The zero-order valence-electron chi connectivity index (χ0n) is 14.2. The van der Waals surface area contributed by atoms with Gasteiger partial charge in [0.1, 0.15) is 12.6 Å². The molecule has 25 heavy (non-hydrogen) atoms. The summed E-state index contributed by atoms with van der Waals surface area (Å²) in [5.41, 5.74) is 1.07. The van der Waals surface area contributed by atoms with Crippen LogP contribution in [0.1, 0.15) is 17.5 Å². The molecule has 3 rings (SSSR count). The van der Waals surface area contributed by atoms with Crippen molar-refractivity contribution in [2.45, 2.75) is 12.5 Å². The fraction of sp³-hybridized carbons (Fsp3) is 0.471. The average Bonchev–Trinajstić information content (AvgIpc) is 3.13.